The molecule has 0 amide bonds. The summed E-state index contributed by atoms with van der Waals surface area (Å²) in [6.07, 6.45) is 4.12. The number of aromatic nitrogens is 2. The summed E-state index contributed by atoms with van der Waals surface area (Å²) in [5, 5.41) is 3.97. The van der Waals surface area contributed by atoms with E-state index in [9.17, 15) is 8.42 Å². The van der Waals surface area contributed by atoms with Crippen LogP contribution in [-0.4, -0.2) is 24.7 Å². The first kappa shape index (κ1) is 14.7. The lowest BCUT2D eigenvalue weighted by molar-refractivity contribution is 0.583. The topological polar surface area (TPSA) is 90.0 Å². The summed E-state index contributed by atoms with van der Waals surface area (Å²) < 4.78 is 28.0. The summed E-state index contributed by atoms with van der Waals surface area (Å²) in [5.41, 5.74) is 6.67. The number of allylic oxidation sites excluding steroid dienone is 1. The molecule has 0 spiro atoms. The number of hydrogen-bond donors (Lipinski definition) is 2. The first-order valence-corrected chi connectivity index (χ1v) is 7.31. The lowest BCUT2D eigenvalue weighted by Gasteiger charge is -2.02. The van der Waals surface area contributed by atoms with Gasteiger partial charge in [0, 0.05) is 19.3 Å². The number of rotatable bonds is 6. The van der Waals surface area contributed by atoms with Crippen molar-refractivity contribution in [1.29, 1.82) is 0 Å². The summed E-state index contributed by atoms with van der Waals surface area (Å²) in [4.78, 5) is 0.0399. The number of nitrogens with one attached hydrogen (secondary N) is 1. The van der Waals surface area contributed by atoms with Crippen molar-refractivity contribution in [2.24, 2.45) is 0 Å². The van der Waals surface area contributed by atoms with Gasteiger partial charge < -0.3 is 5.73 Å². The molecule has 0 bridgehead atoms. The van der Waals surface area contributed by atoms with Gasteiger partial charge >= 0.3 is 0 Å². The number of aryl methyl sites for hydroxylation is 1. The highest BCUT2D eigenvalue weighted by Crippen LogP contribution is 2.15. The molecule has 0 saturated heterocycles. The zero-order chi connectivity index (χ0) is 13.8. The zero-order valence-electron chi connectivity index (χ0n) is 11.0. The van der Waals surface area contributed by atoms with Crippen LogP contribution in [0.1, 0.15) is 27.2 Å². The van der Waals surface area contributed by atoms with Crippen LogP contribution in [0.4, 0.5) is 5.82 Å². The van der Waals surface area contributed by atoms with Gasteiger partial charge in [0.25, 0.3) is 0 Å². The number of nitrogens with two attached hydrogens (primary N) is 1. The monoisotopic (exact) mass is 272 g/mol. The van der Waals surface area contributed by atoms with E-state index in [1.165, 1.54) is 6.20 Å². The Kier molecular flexibility index (Phi) is 4.92. The second kappa shape index (κ2) is 6.01. The minimum absolute atomic E-state index is 0.0353. The fraction of sp³-hybridized carbons (Fsp3) is 0.545. The Hall–Kier alpha value is -1.34. The van der Waals surface area contributed by atoms with Gasteiger partial charge in [-0.15, -0.1) is 0 Å². The molecule has 1 rings (SSSR count). The SMILES string of the molecule is CCCn1cc(S(=O)(=O)NCC=C(C)C)c(N)n1. The highest BCUT2D eigenvalue weighted by Gasteiger charge is 2.20. The summed E-state index contributed by atoms with van der Waals surface area (Å²) in [6, 6.07) is 0. The molecule has 18 heavy (non-hydrogen) atoms. The molecule has 0 unspecified atom stereocenters. The number of sulfonamides is 1. The highest BCUT2D eigenvalue weighted by atomic mass is 32.2. The number of nitrogens with zero attached hydrogens (tertiary/aromatic N) is 2. The van der Waals surface area contributed by atoms with Gasteiger partial charge in [-0.05, 0) is 20.3 Å². The summed E-state index contributed by atoms with van der Waals surface area (Å²) >= 11 is 0. The van der Waals surface area contributed by atoms with Crippen molar-refractivity contribution in [3.63, 3.8) is 0 Å². The van der Waals surface area contributed by atoms with Crippen LogP contribution < -0.4 is 10.5 Å². The van der Waals surface area contributed by atoms with Gasteiger partial charge in [0.15, 0.2) is 5.82 Å². The van der Waals surface area contributed by atoms with Crippen molar-refractivity contribution in [2.75, 3.05) is 12.3 Å². The first-order chi connectivity index (χ1) is 8.36. The molecule has 0 radical (unpaired) electrons. The molecule has 7 heteroatoms. The molecule has 1 heterocycles. The second-order valence-electron chi connectivity index (χ2n) is 4.28. The predicted molar refractivity (Wildman–Crippen MR) is 71.5 cm³/mol. The third-order valence-electron chi connectivity index (χ3n) is 2.28. The van der Waals surface area contributed by atoms with Crippen LogP contribution in [-0.2, 0) is 16.6 Å². The quantitative estimate of drug-likeness (QED) is 0.759. The van der Waals surface area contributed by atoms with E-state index in [0.29, 0.717) is 6.54 Å². The van der Waals surface area contributed by atoms with Crippen molar-refractivity contribution in [3.05, 3.63) is 17.8 Å². The molecule has 0 aromatic carbocycles. The van der Waals surface area contributed by atoms with Gasteiger partial charge in [-0.25, -0.2) is 13.1 Å². The number of hydrogen-bond acceptors (Lipinski definition) is 4. The number of anilines is 1. The molecule has 3 N–H and O–H groups in total. The Bertz CT molecular complexity index is 527. The smallest absolute Gasteiger partial charge is 0.246 e. The minimum atomic E-state index is -3.59. The van der Waals surface area contributed by atoms with E-state index in [1.54, 1.807) is 10.8 Å². The molecule has 6 nitrogen and oxygen atoms in total. The maximum absolute atomic E-state index is 12.0. The van der Waals surface area contributed by atoms with Gasteiger partial charge in [-0.1, -0.05) is 18.6 Å². The summed E-state index contributed by atoms with van der Waals surface area (Å²) in [7, 11) is -3.59. The van der Waals surface area contributed by atoms with Crippen molar-refractivity contribution in [3.8, 4) is 0 Å². The lowest BCUT2D eigenvalue weighted by atomic mass is 10.3. The maximum Gasteiger partial charge on any atom is 0.246 e. The molecular weight excluding hydrogens is 252 g/mol. The van der Waals surface area contributed by atoms with Crippen LogP contribution in [0.15, 0.2) is 22.7 Å². The third kappa shape index (κ3) is 3.85. The van der Waals surface area contributed by atoms with Crippen LogP contribution >= 0.6 is 0 Å². The molecule has 0 atom stereocenters. The molecule has 0 aliphatic rings. The molecule has 0 aliphatic heterocycles. The third-order valence-corrected chi connectivity index (χ3v) is 3.72. The van der Waals surface area contributed by atoms with Gasteiger partial charge in [-0.3, -0.25) is 4.68 Å². The van der Waals surface area contributed by atoms with Crippen LogP contribution in [0.3, 0.4) is 0 Å². The predicted octanol–water partition coefficient (Wildman–Crippen LogP) is 1.12. The molecule has 1 aromatic rings. The largest absolute Gasteiger partial charge is 0.381 e. The van der Waals surface area contributed by atoms with E-state index in [-0.39, 0.29) is 17.3 Å². The Labute approximate surface area is 108 Å². The van der Waals surface area contributed by atoms with E-state index in [4.69, 9.17) is 5.73 Å². The van der Waals surface area contributed by atoms with Crippen LogP contribution in [0.5, 0.6) is 0 Å². The Balaban J connectivity index is 2.87. The summed E-state index contributed by atoms with van der Waals surface area (Å²) in [5.74, 6) is 0.0353. The van der Waals surface area contributed by atoms with Gasteiger partial charge in [0.1, 0.15) is 4.90 Å². The van der Waals surface area contributed by atoms with E-state index in [2.05, 4.69) is 9.82 Å². The molecule has 0 aliphatic carbocycles. The maximum atomic E-state index is 12.0. The van der Waals surface area contributed by atoms with E-state index < -0.39 is 10.0 Å². The fourth-order valence-corrected chi connectivity index (χ4v) is 2.44. The average molecular weight is 272 g/mol. The Morgan fingerprint density at radius 2 is 2.22 bits per heavy atom. The van der Waals surface area contributed by atoms with Gasteiger partial charge in [0.05, 0.1) is 0 Å². The van der Waals surface area contributed by atoms with E-state index in [1.807, 2.05) is 20.8 Å². The minimum Gasteiger partial charge on any atom is -0.381 e. The highest BCUT2D eigenvalue weighted by molar-refractivity contribution is 7.89. The second-order valence-corrected chi connectivity index (χ2v) is 6.01. The van der Waals surface area contributed by atoms with Crippen LogP contribution in [0, 0.1) is 0 Å². The molecular formula is C11H20N4O2S. The van der Waals surface area contributed by atoms with E-state index >= 15 is 0 Å². The number of nitrogen functional groups attached to an aromatic ring is 1. The van der Waals surface area contributed by atoms with Crippen molar-refractivity contribution < 1.29 is 8.42 Å². The normalized spacial score (nSPS) is 11.5. The molecule has 0 saturated carbocycles. The lowest BCUT2D eigenvalue weighted by Crippen LogP contribution is -2.24. The van der Waals surface area contributed by atoms with Crippen molar-refractivity contribution in [1.82, 2.24) is 14.5 Å². The van der Waals surface area contributed by atoms with Crippen LogP contribution in [0.25, 0.3) is 0 Å². The molecule has 102 valence electrons. The Morgan fingerprint density at radius 3 is 2.78 bits per heavy atom. The molecule has 0 fully saturated rings. The van der Waals surface area contributed by atoms with Crippen molar-refractivity contribution in [2.45, 2.75) is 38.6 Å². The standard InChI is InChI=1S/C11H20N4O2S/c1-4-7-15-8-10(11(12)14-15)18(16,17)13-6-5-9(2)3/h5,8,13H,4,6-7H2,1-3H3,(H2,12,14). The Morgan fingerprint density at radius 1 is 1.56 bits per heavy atom. The van der Waals surface area contributed by atoms with Crippen molar-refractivity contribution >= 4 is 15.8 Å². The van der Waals surface area contributed by atoms with E-state index in [0.717, 1.165) is 12.0 Å². The zero-order valence-corrected chi connectivity index (χ0v) is 11.8. The first-order valence-electron chi connectivity index (χ1n) is 5.82. The molecule has 1 aromatic heterocycles. The van der Waals surface area contributed by atoms with Gasteiger partial charge in [-0.2, -0.15) is 5.10 Å². The summed E-state index contributed by atoms with van der Waals surface area (Å²) in [6.45, 7) is 6.69. The van der Waals surface area contributed by atoms with Crippen LogP contribution in [0.2, 0.25) is 0 Å². The average Bonchev–Trinajstić information content (AvgIpc) is 2.60. The fourth-order valence-electron chi connectivity index (χ4n) is 1.40. The van der Waals surface area contributed by atoms with Gasteiger partial charge in [0.2, 0.25) is 10.0 Å².